The Morgan fingerprint density at radius 2 is 1.90 bits per heavy atom. The molecule has 29 heavy (non-hydrogen) atoms. The first kappa shape index (κ1) is 20.5. The van der Waals surface area contributed by atoms with Gasteiger partial charge in [0.05, 0.1) is 12.2 Å². The molecule has 2 aliphatic heterocycles. The summed E-state index contributed by atoms with van der Waals surface area (Å²) in [7, 11) is 0. The second-order valence-electron chi connectivity index (χ2n) is 8.15. The Bertz CT molecular complexity index is 938. The number of pyridine rings is 1. The van der Waals surface area contributed by atoms with Gasteiger partial charge in [-0.25, -0.2) is 4.98 Å². The van der Waals surface area contributed by atoms with Gasteiger partial charge in [0.2, 0.25) is 5.91 Å². The van der Waals surface area contributed by atoms with E-state index in [9.17, 15) is 9.59 Å². The summed E-state index contributed by atoms with van der Waals surface area (Å²) in [4.78, 5) is 36.3. The molecule has 2 saturated heterocycles. The van der Waals surface area contributed by atoms with Crippen LogP contribution in [0.4, 0.5) is 0 Å². The molecule has 1 unspecified atom stereocenters. The molecule has 2 fully saturated rings. The van der Waals surface area contributed by atoms with Crippen LogP contribution in [0.3, 0.4) is 0 Å². The highest BCUT2D eigenvalue weighted by molar-refractivity contribution is 9.10. The third-order valence-corrected chi connectivity index (χ3v) is 6.48. The van der Waals surface area contributed by atoms with E-state index in [0.29, 0.717) is 24.8 Å². The number of fused-ring (bicyclic) bond motifs is 1. The lowest BCUT2D eigenvalue weighted by Gasteiger charge is -2.38. The van der Waals surface area contributed by atoms with Crippen LogP contribution in [0.25, 0.3) is 5.65 Å². The van der Waals surface area contributed by atoms with E-state index in [1.54, 1.807) is 16.7 Å². The fourth-order valence-electron chi connectivity index (χ4n) is 4.29. The lowest BCUT2D eigenvalue weighted by molar-refractivity contribution is -0.136. The van der Waals surface area contributed by atoms with Crippen molar-refractivity contribution in [3.8, 4) is 0 Å². The van der Waals surface area contributed by atoms with Gasteiger partial charge in [-0.15, -0.1) is 0 Å². The zero-order valence-corrected chi connectivity index (χ0v) is 18.5. The van der Waals surface area contributed by atoms with E-state index in [2.05, 4.69) is 42.5 Å². The summed E-state index contributed by atoms with van der Waals surface area (Å²) in [5.74, 6) is 0.265. The van der Waals surface area contributed by atoms with Gasteiger partial charge in [0.1, 0.15) is 5.65 Å². The van der Waals surface area contributed by atoms with Crippen LogP contribution in [-0.2, 0) is 11.3 Å². The molecule has 7 nitrogen and oxygen atoms in total. The molecule has 0 aromatic carbocycles. The molecule has 8 heteroatoms. The number of carbonyl (C=O) groups is 1. The molecule has 0 saturated carbocycles. The largest absolute Gasteiger partial charge is 0.339 e. The lowest BCUT2D eigenvalue weighted by atomic mass is 10.0. The molecule has 4 rings (SSSR count). The van der Waals surface area contributed by atoms with Crippen molar-refractivity contribution in [1.29, 1.82) is 0 Å². The smallest absolute Gasteiger partial charge is 0.258 e. The van der Waals surface area contributed by atoms with Gasteiger partial charge in [-0.3, -0.25) is 23.8 Å². The number of hydrogen-bond acceptors (Lipinski definition) is 5. The maximum absolute atomic E-state index is 12.7. The summed E-state index contributed by atoms with van der Waals surface area (Å²) in [6.45, 7) is 7.73. The molecular weight excluding hydrogens is 434 g/mol. The van der Waals surface area contributed by atoms with Crippen LogP contribution in [0.5, 0.6) is 0 Å². The second kappa shape index (κ2) is 8.93. The second-order valence-corrected chi connectivity index (χ2v) is 9.06. The van der Waals surface area contributed by atoms with Gasteiger partial charge in [0, 0.05) is 62.0 Å². The summed E-state index contributed by atoms with van der Waals surface area (Å²) >= 11 is 3.39. The zero-order chi connectivity index (χ0) is 20.4. The predicted molar refractivity (Wildman–Crippen MR) is 116 cm³/mol. The van der Waals surface area contributed by atoms with E-state index >= 15 is 0 Å². The number of piperazine rings is 1. The molecule has 0 N–H and O–H groups in total. The minimum atomic E-state index is -0.0637. The minimum absolute atomic E-state index is 0.0637. The Hall–Kier alpha value is -1.77. The first-order valence-corrected chi connectivity index (χ1v) is 11.2. The average molecular weight is 462 g/mol. The predicted octanol–water partition coefficient (Wildman–Crippen LogP) is 1.98. The number of likely N-dealkylation sites (tertiary alicyclic amines) is 1. The fourth-order valence-corrected chi connectivity index (χ4v) is 4.63. The summed E-state index contributed by atoms with van der Waals surface area (Å²) in [6.07, 6.45) is 5.22. The van der Waals surface area contributed by atoms with Crippen molar-refractivity contribution in [2.24, 2.45) is 0 Å². The molecule has 1 atom stereocenters. The molecule has 1 amide bonds. The Balaban J connectivity index is 1.32. The average Bonchev–Trinajstić information content (AvgIpc) is 2.70. The van der Waals surface area contributed by atoms with E-state index in [1.807, 2.05) is 12.1 Å². The van der Waals surface area contributed by atoms with Crippen molar-refractivity contribution >= 4 is 27.5 Å². The normalized spacial score (nSPS) is 21.6. The van der Waals surface area contributed by atoms with Crippen molar-refractivity contribution in [1.82, 2.24) is 24.1 Å². The Labute approximate surface area is 179 Å². The zero-order valence-electron chi connectivity index (χ0n) is 16.9. The van der Waals surface area contributed by atoms with Crippen LogP contribution < -0.4 is 5.56 Å². The highest BCUT2D eigenvalue weighted by Gasteiger charge is 2.26. The van der Waals surface area contributed by atoms with E-state index in [-0.39, 0.29) is 11.5 Å². The van der Waals surface area contributed by atoms with Gasteiger partial charge < -0.3 is 4.90 Å². The van der Waals surface area contributed by atoms with Crippen LogP contribution in [0.2, 0.25) is 0 Å². The lowest BCUT2D eigenvalue weighted by Crippen LogP contribution is -2.51. The molecule has 2 aromatic rings. The standard InChI is InChI=1S/C21H28BrN5O2/c1-16-4-2-3-7-26(16)21(29)15-25-10-8-24(9-11-25)14-18-12-20(28)27-13-17(22)5-6-19(27)23-18/h5-6,12-13,16H,2-4,7-11,14-15H2,1H3. The SMILES string of the molecule is CC1CCCCN1C(=O)CN1CCN(Cc2cc(=O)n3cc(Br)ccc3n2)CC1. The number of aromatic nitrogens is 2. The number of piperidine rings is 1. The molecule has 2 aromatic heterocycles. The molecule has 0 aliphatic carbocycles. The van der Waals surface area contributed by atoms with Gasteiger partial charge in [-0.1, -0.05) is 0 Å². The van der Waals surface area contributed by atoms with Crippen molar-refractivity contribution < 1.29 is 4.79 Å². The Morgan fingerprint density at radius 1 is 1.14 bits per heavy atom. The first-order valence-electron chi connectivity index (χ1n) is 10.4. The summed E-state index contributed by atoms with van der Waals surface area (Å²) in [5.41, 5.74) is 1.39. The van der Waals surface area contributed by atoms with Gasteiger partial charge in [0.25, 0.3) is 5.56 Å². The summed E-state index contributed by atoms with van der Waals surface area (Å²) in [6, 6.07) is 5.73. The van der Waals surface area contributed by atoms with Gasteiger partial charge in [-0.05, 0) is 54.2 Å². The van der Waals surface area contributed by atoms with Crippen LogP contribution >= 0.6 is 15.9 Å². The number of carbonyl (C=O) groups excluding carboxylic acids is 1. The number of nitrogens with zero attached hydrogens (tertiary/aromatic N) is 5. The van der Waals surface area contributed by atoms with E-state index in [0.717, 1.165) is 55.7 Å². The highest BCUT2D eigenvalue weighted by Crippen LogP contribution is 2.17. The third-order valence-electron chi connectivity index (χ3n) is 6.01. The van der Waals surface area contributed by atoms with Crippen molar-refractivity contribution in [2.45, 2.75) is 38.8 Å². The van der Waals surface area contributed by atoms with Gasteiger partial charge >= 0.3 is 0 Å². The maximum Gasteiger partial charge on any atom is 0.258 e. The van der Waals surface area contributed by atoms with Gasteiger partial charge in [-0.2, -0.15) is 0 Å². The first-order chi connectivity index (χ1) is 14.0. The molecule has 156 valence electrons. The minimum Gasteiger partial charge on any atom is -0.339 e. The molecule has 2 aliphatic rings. The number of hydrogen-bond donors (Lipinski definition) is 0. The Kier molecular flexibility index (Phi) is 6.32. The molecule has 4 heterocycles. The number of rotatable bonds is 4. The number of amides is 1. The molecule has 0 spiro atoms. The Morgan fingerprint density at radius 3 is 2.66 bits per heavy atom. The summed E-state index contributed by atoms with van der Waals surface area (Å²) < 4.78 is 2.41. The number of halogens is 1. The van der Waals surface area contributed by atoms with E-state index < -0.39 is 0 Å². The van der Waals surface area contributed by atoms with Crippen molar-refractivity contribution in [3.63, 3.8) is 0 Å². The van der Waals surface area contributed by atoms with Crippen LogP contribution in [0, 0.1) is 0 Å². The topological polar surface area (TPSA) is 61.2 Å². The quantitative estimate of drug-likeness (QED) is 0.696. The van der Waals surface area contributed by atoms with Gasteiger partial charge in [0.15, 0.2) is 0 Å². The van der Waals surface area contributed by atoms with Crippen molar-refractivity contribution in [2.75, 3.05) is 39.3 Å². The fraction of sp³-hybridized carbons (Fsp3) is 0.571. The van der Waals surface area contributed by atoms with Crippen LogP contribution in [0.1, 0.15) is 31.9 Å². The molecule has 0 bridgehead atoms. The third kappa shape index (κ3) is 4.87. The molecular formula is C21H28BrN5O2. The van der Waals surface area contributed by atoms with Crippen LogP contribution in [0.15, 0.2) is 33.7 Å². The molecule has 0 radical (unpaired) electrons. The monoisotopic (exact) mass is 461 g/mol. The van der Waals surface area contributed by atoms with E-state index in [4.69, 9.17) is 0 Å². The maximum atomic E-state index is 12.7. The summed E-state index contributed by atoms with van der Waals surface area (Å²) in [5, 5.41) is 0. The van der Waals surface area contributed by atoms with E-state index in [1.165, 1.54) is 6.42 Å². The van der Waals surface area contributed by atoms with Crippen molar-refractivity contribution in [3.05, 3.63) is 44.9 Å². The van der Waals surface area contributed by atoms with Crippen LogP contribution in [-0.4, -0.2) is 75.3 Å². The highest BCUT2D eigenvalue weighted by atomic mass is 79.9.